The number of amides is 2. The molecule has 2 aromatic carbocycles. The van der Waals surface area contributed by atoms with E-state index in [2.05, 4.69) is 15.6 Å². The normalized spacial score (nSPS) is 10.8. The van der Waals surface area contributed by atoms with Gasteiger partial charge in [0.1, 0.15) is 18.0 Å². The van der Waals surface area contributed by atoms with Crippen LogP contribution in [0.1, 0.15) is 37.7 Å². The van der Waals surface area contributed by atoms with Crippen LogP contribution in [-0.4, -0.2) is 21.2 Å². The van der Waals surface area contributed by atoms with E-state index in [-0.39, 0.29) is 17.6 Å². The summed E-state index contributed by atoms with van der Waals surface area (Å²) in [6.07, 6.45) is 5.36. The fourth-order valence-electron chi connectivity index (χ4n) is 3.72. The minimum atomic E-state index is -0.318. The van der Waals surface area contributed by atoms with E-state index >= 15 is 0 Å². The summed E-state index contributed by atoms with van der Waals surface area (Å²) in [4.78, 5) is 29.2. The van der Waals surface area contributed by atoms with Crippen molar-refractivity contribution in [2.24, 2.45) is 0 Å². The Morgan fingerprint density at radius 2 is 1.78 bits per heavy atom. The molecule has 0 fully saturated rings. The van der Waals surface area contributed by atoms with Crippen molar-refractivity contribution < 1.29 is 18.7 Å². The average molecular weight is 481 g/mol. The van der Waals surface area contributed by atoms with Gasteiger partial charge in [-0.05, 0) is 72.6 Å². The van der Waals surface area contributed by atoms with Gasteiger partial charge in [0.25, 0.3) is 11.8 Å². The quantitative estimate of drug-likeness (QED) is 0.326. The maximum atomic E-state index is 12.6. The first-order valence-electron chi connectivity index (χ1n) is 11.4. The molecule has 0 unspecified atom stereocenters. The third-order valence-electron chi connectivity index (χ3n) is 5.64. The van der Waals surface area contributed by atoms with Crippen molar-refractivity contribution in [3.8, 4) is 5.75 Å². The van der Waals surface area contributed by atoms with Gasteiger partial charge in [0, 0.05) is 30.2 Å². The van der Waals surface area contributed by atoms with E-state index < -0.39 is 0 Å². The number of nitrogens with zero attached hydrogens (tertiary/aromatic N) is 2. The molecule has 8 heteroatoms. The Balaban J connectivity index is 1.11. The van der Waals surface area contributed by atoms with Crippen molar-refractivity contribution in [3.05, 3.63) is 120 Å². The number of benzene rings is 2. The number of carbonyl (C=O) groups is 2. The van der Waals surface area contributed by atoms with E-state index in [0.29, 0.717) is 30.2 Å². The first kappa shape index (κ1) is 22.9. The molecular formula is C28H24N4O4. The predicted molar refractivity (Wildman–Crippen MR) is 135 cm³/mol. The van der Waals surface area contributed by atoms with Gasteiger partial charge < -0.3 is 24.2 Å². The van der Waals surface area contributed by atoms with Crippen LogP contribution in [0.3, 0.4) is 0 Å². The molecule has 5 rings (SSSR count). The van der Waals surface area contributed by atoms with Crippen molar-refractivity contribution in [2.75, 3.05) is 5.32 Å². The van der Waals surface area contributed by atoms with Gasteiger partial charge >= 0.3 is 0 Å². The Bertz CT molecular complexity index is 1490. The minimum absolute atomic E-state index is 0.187. The number of aryl methyl sites for hydroxylation is 1. The summed E-state index contributed by atoms with van der Waals surface area (Å²) in [7, 11) is 0. The van der Waals surface area contributed by atoms with Crippen LogP contribution in [0.25, 0.3) is 5.65 Å². The number of carbonyl (C=O) groups excluding carboxylic acids is 2. The highest BCUT2D eigenvalue weighted by atomic mass is 16.5. The van der Waals surface area contributed by atoms with Gasteiger partial charge in [-0.1, -0.05) is 18.2 Å². The molecule has 36 heavy (non-hydrogen) atoms. The van der Waals surface area contributed by atoms with Crippen LogP contribution < -0.4 is 15.4 Å². The van der Waals surface area contributed by atoms with Crippen LogP contribution in [0.2, 0.25) is 0 Å². The summed E-state index contributed by atoms with van der Waals surface area (Å²) in [5.41, 5.74) is 4.93. The molecule has 0 atom stereocenters. The fraction of sp³-hybridized carbons (Fsp3) is 0.107. The molecule has 0 saturated carbocycles. The van der Waals surface area contributed by atoms with Gasteiger partial charge in [0.15, 0.2) is 5.76 Å². The molecule has 8 nitrogen and oxygen atoms in total. The molecule has 3 aromatic heterocycles. The summed E-state index contributed by atoms with van der Waals surface area (Å²) in [6, 6.07) is 21.5. The minimum Gasteiger partial charge on any atom is -0.487 e. The van der Waals surface area contributed by atoms with Gasteiger partial charge in [-0.2, -0.15) is 0 Å². The van der Waals surface area contributed by atoms with Gasteiger partial charge in [-0.15, -0.1) is 0 Å². The zero-order chi connectivity index (χ0) is 24.9. The molecule has 2 amide bonds. The zero-order valence-electron chi connectivity index (χ0n) is 19.6. The lowest BCUT2D eigenvalue weighted by Crippen LogP contribution is -2.22. The van der Waals surface area contributed by atoms with Crippen LogP contribution in [0.5, 0.6) is 5.75 Å². The summed E-state index contributed by atoms with van der Waals surface area (Å²) in [5.74, 6) is 0.398. The van der Waals surface area contributed by atoms with Crippen LogP contribution >= 0.6 is 0 Å². The molecule has 0 saturated heterocycles. The van der Waals surface area contributed by atoms with Gasteiger partial charge in [0.2, 0.25) is 0 Å². The van der Waals surface area contributed by atoms with Gasteiger partial charge in [0.05, 0.1) is 12.0 Å². The summed E-state index contributed by atoms with van der Waals surface area (Å²) in [6.45, 7) is 2.72. The molecule has 3 heterocycles. The molecule has 0 aliphatic rings. The largest absolute Gasteiger partial charge is 0.487 e. The second-order valence-corrected chi connectivity index (χ2v) is 8.28. The van der Waals surface area contributed by atoms with Gasteiger partial charge in [-0.3, -0.25) is 9.59 Å². The Labute approximate surface area is 207 Å². The lowest BCUT2D eigenvalue weighted by Gasteiger charge is -2.08. The molecule has 0 spiro atoms. The van der Waals surface area contributed by atoms with Gasteiger partial charge in [-0.25, -0.2) is 4.98 Å². The van der Waals surface area contributed by atoms with E-state index in [9.17, 15) is 9.59 Å². The predicted octanol–water partition coefficient (Wildman–Crippen LogP) is 5.00. The number of ether oxygens (including phenoxy) is 1. The maximum Gasteiger partial charge on any atom is 0.291 e. The third kappa shape index (κ3) is 5.28. The number of imidazole rings is 1. The number of aromatic nitrogens is 2. The molecule has 0 bridgehead atoms. The van der Waals surface area contributed by atoms with Crippen LogP contribution in [-0.2, 0) is 13.2 Å². The number of hydrogen-bond donors (Lipinski definition) is 2. The first-order chi connectivity index (χ1) is 17.5. The number of nitrogens with one attached hydrogen (secondary N) is 2. The van der Waals surface area contributed by atoms with Crippen molar-refractivity contribution >= 4 is 23.1 Å². The van der Waals surface area contributed by atoms with Crippen molar-refractivity contribution in [1.82, 2.24) is 14.7 Å². The van der Waals surface area contributed by atoms with E-state index in [0.717, 1.165) is 22.5 Å². The molecule has 5 aromatic rings. The fourth-order valence-corrected chi connectivity index (χ4v) is 3.72. The zero-order valence-corrected chi connectivity index (χ0v) is 19.6. The molecule has 0 aliphatic heterocycles. The highest BCUT2D eigenvalue weighted by Gasteiger charge is 2.10. The van der Waals surface area contributed by atoms with Crippen molar-refractivity contribution in [2.45, 2.75) is 20.1 Å². The summed E-state index contributed by atoms with van der Waals surface area (Å²) >= 11 is 0. The monoisotopic (exact) mass is 480 g/mol. The highest BCUT2D eigenvalue weighted by molar-refractivity contribution is 6.02. The number of furan rings is 1. The second-order valence-electron chi connectivity index (χ2n) is 8.28. The number of anilines is 1. The maximum absolute atomic E-state index is 12.6. The second kappa shape index (κ2) is 10.2. The number of rotatable bonds is 8. The Morgan fingerprint density at radius 1 is 0.972 bits per heavy atom. The Hall–Kier alpha value is -4.85. The van der Waals surface area contributed by atoms with E-state index in [4.69, 9.17) is 9.15 Å². The SMILES string of the molecule is Cc1cccn2cc(COc3ccc(C(=O)NCc4ccc(NC(=O)c5ccco5)cc4)cc3)nc12. The smallest absolute Gasteiger partial charge is 0.291 e. The highest BCUT2D eigenvalue weighted by Crippen LogP contribution is 2.16. The molecule has 0 aliphatic carbocycles. The summed E-state index contributed by atoms with van der Waals surface area (Å²) in [5, 5.41) is 5.66. The lowest BCUT2D eigenvalue weighted by atomic mass is 10.1. The van der Waals surface area contributed by atoms with Crippen LogP contribution in [0.4, 0.5) is 5.69 Å². The van der Waals surface area contributed by atoms with E-state index in [1.54, 1.807) is 48.5 Å². The molecular weight excluding hydrogens is 456 g/mol. The summed E-state index contributed by atoms with van der Waals surface area (Å²) < 4.78 is 12.9. The number of fused-ring (bicyclic) bond motifs is 1. The number of pyridine rings is 1. The molecule has 180 valence electrons. The molecule has 0 radical (unpaired) electrons. The topological polar surface area (TPSA) is 97.9 Å². The van der Waals surface area contributed by atoms with E-state index in [1.165, 1.54) is 6.26 Å². The first-order valence-corrected chi connectivity index (χ1v) is 11.4. The Kier molecular flexibility index (Phi) is 6.48. The van der Waals surface area contributed by atoms with Crippen LogP contribution in [0, 0.1) is 6.92 Å². The van der Waals surface area contributed by atoms with Crippen LogP contribution in [0.15, 0.2) is 95.9 Å². The average Bonchev–Trinajstić information content (AvgIpc) is 3.58. The Morgan fingerprint density at radius 3 is 2.50 bits per heavy atom. The van der Waals surface area contributed by atoms with E-state index in [1.807, 2.05) is 48.0 Å². The van der Waals surface area contributed by atoms with Crippen molar-refractivity contribution in [1.29, 1.82) is 0 Å². The lowest BCUT2D eigenvalue weighted by molar-refractivity contribution is 0.0949. The third-order valence-corrected chi connectivity index (χ3v) is 5.64. The van der Waals surface area contributed by atoms with Crippen molar-refractivity contribution in [3.63, 3.8) is 0 Å². The number of hydrogen-bond acceptors (Lipinski definition) is 5. The standard InChI is InChI=1S/C28H24N4O4/c1-19-4-2-14-32-17-23(30-26(19)32)18-36-24-12-8-21(9-13-24)27(33)29-16-20-6-10-22(11-7-20)31-28(34)25-5-3-15-35-25/h2-15,17H,16,18H2,1H3,(H,29,33)(H,31,34). The molecule has 2 N–H and O–H groups in total.